The molecule has 2 aromatic carbocycles. The molecule has 142 valence electrons. The number of carbonyl (C=O) groups excluding carboxylic acids is 1. The summed E-state index contributed by atoms with van der Waals surface area (Å²) in [4.78, 5) is 20.9. The number of hydrogen-bond donors (Lipinski definition) is 2. The summed E-state index contributed by atoms with van der Waals surface area (Å²) < 4.78 is 5.23. The standard InChI is InChI=1S/C19H18N6O2S/c1-12-20-19(24-23-12)28-11-16-22-18(27-25-16)10-9-17(26)21-15-8-4-6-13-5-2-3-7-14(13)15/h2-8H,9-11H2,1H3,(H,21,26)(H,20,23,24). The van der Waals surface area contributed by atoms with Gasteiger partial charge in [-0.15, -0.1) is 5.10 Å². The molecule has 2 heterocycles. The smallest absolute Gasteiger partial charge is 0.227 e. The number of H-pyrrole nitrogens is 1. The highest BCUT2D eigenvalue weighted by atomic mass is 32.2. The molecule has 0 fully saturated rings. The molecule has 0 aliphatic heterocycles. The topological polar surface area (TPSA) is 110 Å². The van der Waals surface area contributed by atoms with Gasteiger partial charge in [0, 0.05) is 23.9 Å². The first-order chi connectivity index (χ1) is 13.7. The van der Waals surface area contributed by atoms with Gasteiger partial charge in [-0.2, -0.15) is 4.98 Å². The van der Waals surface area contributed by atoms with E-state index in [1.807, 2.05) is 49.4 Å². The summed E-state index contributed by atoms with van der Waals surface area (Å²) >= 11 is 1.42. The predicted octanol–water partition coefficient (Wildman–Crippen LogP) is 3.51. The van der Waals surface area contributed by atoms with Crippen LogP contribution in [0.25, 0.3) is 10.8 Å². The number of amides is 1. The first-order valence-electron chi connectivity index (χ1n) is 8.78. The number of nitrogens with one attached hydrogen (secondary N) is 2. The van der Waals surface area contributed by atoms with E-state index in [4.69, 9.17) is 4.52 Å². The van der Waals surface area contributed by atoms with Crippen LogP contribution in [0.2, 0.25) is 0 Å². The highest BCUT2D eigenvalue weighted by Crippen LogP contribution is 2.23. The lowest BCUT2D eigenvalue weighted by atomic mass is 10.1. The molecule has 4 rings (SSSR count). The molecule has 0 atom stereocenters. The normalized spacial score (nSPS) is 11.0. The van der Waals surface area contributed by atoms with E-state index in [0.717, 1.165) is 22.3 Å². The lowest BCUT2D eigenvalue weighted by Crippen LogP contribution is -2.12. The summed E-state index contributed by atoms with van der Waals surface area (Å²) in [7, 11) is 0. The van der Waals surface area contributed by atoms with E-state index >= 15 is 0 Å². The molecule has 0 aliphatic rings. The number of carbonyl (C=O) groups is 1. The largest absolute Gasteiger partial charge is 0.339 e. The average molecular weight is 394 g/mol. The Morgan fingerprint density at radius 2 is 2.04 bits per heavy atom. The van der Waals surface area contributed by atoms with Crippen LogP contribution in [0.3, 0.4) is 0 Å². The van der Waals surface area contributed by atoms with Gasteiger partial charge in [-0.1, -0.05) is 53.3 Å². The Morgan fingerprint density at radius 3 is 2.89 bits per heavy atom. The van der Waals surface area contributed by atoms with Crippen molar-refractivity contribution in [2.45, 2.75) is 30.7 Å². The predicted molar refractivity (Wildman–Crippen MR) is 106 cm³/mol. The van der Waals surface area contributed by atoms with Gasteiger partial charge in [0.05, 0.1) is 5.75 Å². The highest BCUT2D eigenvalue weighted by molar-refractivity contribution is 7.98. The van der Waals surface area contributed by atoms with Crippen molar-refractivity contribution in [1.29, 1.82) is 0 Å². The van der Waals surface area contributed by atoms with Crippen molar-refractivity contribution in [1.82, 2.24) is 25.3 Å². The van der Waals surface area contributed by atoms with Gasteiger partial charge < -0.3 is 9.84 Å². The first kappa shape index (κ1) is 18.2. The molecule has 0 saturated heterocycles. The Balaban J connectivity index is 1.30. The second kappa shape index (κ2) is 8.22. The summed E-state index contributed by atoms with van der Waals surface area (Å²) in [5, 5.41) is 16.5. The number of thioether (sulfide) groups is 1. The lowest BCUT2D eigenvalue weighted by Gasteiger charge is -2.08. The van der Waals surface area contributed by atoms with Crippen LogP contribution >= 0.6 is 11.8 Å². The summed E-state index contributed by atoms with van der Waals surface area (Å²) in [5.41, 5.74) is 0.799. The van der Waals surface area contributed by atoms with Crippen molar-refractivity contribution in [3.63, 3.8) is 0 Å². The van der Waals surface area contributed by atoms with Crippen LogP contribution in [0, 0.1) is 6.92 Å². The molecule has 9 heteroatoms. The first-order valence-corrected chi connectivity index (χ1v) is 9.77. The highest BCUT2D eigenvalue weighted by Gasteiger charge is 2.12. The van der Waals surface area contributed by atoms with E-state index in [-0.39, 0.29) is 12.3 Å². The molecular weight excluding hydrogens is 376 g/mol. The molecule has 0 aliphatic carbocycles. The summed E-state index contributed by atoms with van der Waals surface area (Å²) in [5.74, 6) is 2.16. The van der Waals surface area contributed by atoms with Gasteiger partial charge in [-0.3, -0.25) is 9.89 Å². The average Bonchev–Trinajstić information content (AvgIpc) is 3.34. The van der Waals surface area contributed by atoms with E-state index < -0.39 is 0 Å². The maximum absolute atomic E-state index is 12.3. The second-order valence-electron chi connectivity index (χ2n) is 6.17. The molecule has 1 amide bonds. The molecule has 8 nitrogen and oxygen atoms in total. The van der Waals surface area contributed by atoms with Crippen LogP contribution in [0.4, 0.5) is 5.69 Å². The fourth-order valence-corrected chi connectivity index (χ4v) is 3.42. The zero-order valence-electron chi connectivity index (χ0n) is 15.2. The van der Waals surface area contributed by atoms with E-state index in [2.05, 4.69) is 30.6 Å². The molecule has 0 saturated carbocycles. The Labute approximate surface area is 165 Å². The van der Waals surface area contributed by atoms with Gasteiger partial charge >= 0.3 is 0 Å². The molecule has 28 heavy (non-hydrogen) atoms. The molecule has 0 spiro atoms. The van der Waals surface area contributed by atoms with Crippen LogP contribution in [0.5, 0.6) is 0 Å². The van der Waals surface area contributed by atoms with Crippen LogP contribution < -0.4 is 5.32 Å². The van der Waals surface area contributed by atoms with Crippen molar-refractivity contribution in [2.75, 3.05) is 5.32 Å². The van der Waals surface area contributed by atoms with E-state index in [9.17, 15) is 4.79 Å². The Hall–Kier alpha value is -3.20. The summed E-state index contributed by atoms with van der Waals surface area (Å²) in [6, 6.07) is 13.8. The van der Waals surface area contributed by atoms with Gasteiger partial charge in [0.15, 0.2) is 5.82 Å². The van der Waals surface area contributed by atoms with Crippen molar-refractivity contribution < 1.29 is 9.32 Å². The number of aryl methyl sites for hydroxylation is 2. The van der Waals surface area contributed by atoms with Gasteiger partial charge in [0.2, 0.25) is 17.0 Å². The molecule has 2 aromatic heterocycles. The number of aromatic nitrogens is 5. The van der Waals surface area contributed by atoms with Crippen molar-refractivity contribution in [3.05, 3.63) is 60.0 Å². The number of benzene rings is 2. The van der Waals surface area contributed by atoms with Gasteiger partial charge in [0.25, 0.3) is 0 Å². The van der Waals surface area contributed by atoms with Gasteiger partial charge in [-0.25, -0.2) is 4.98 Å². The Morgan fingerprint density at radius 1 is 1.18 bits per heavy atom. The van der Waals surface area contributed by atoms with Gasteiger partial charge in [-0.05, 0) is 18.4 Å². The number of hydrogen-bond acceptors (Lipinski definition) is 7. The van der Waals surface area contributed by atoms with Crippen LogP contribution in [0.15, 0.2) is 52.1 Å². The zero-order valence-corrected chi connectivity index (χ0v) is 16.0. The monoisotopic (exact) mass is 394 g/mol. The number of rotatable bonds is 7. The van der Waals surface area contributed by atoms with E-state index in [1.165, 1.54) is 11.8 Å². The van der Waals surface area contributed by atoms with Crippen molar-refractivity contribution in [2.24, 2.45) is 0 Å². The third kappa shape index (κ3) is 4.37. The van der Waals surface area contributed by atoms with Crippen LogP contribution in [-0.4, -0.2) is 31.2 Å². The Bertz CT molecular complexity index is 1100. The van der Waals surface area contributed by atoms with Crippen LogP contribution in [-0.2, 0) is 17.0 Å². The third-order valence-electron chi connectivity index (χ3n) is 4.05. The van der Waals surface area contributed by atoms with E-state index in [0.29, 0.717) is 29.0 Å². The lowest BCUT2D eigenvalue weighted by molar-refractivity contribution is -0.116. The quantitative estimate of drug-likeness (QED) is 0.462. The van der Waals surface area contributed by atoms with Crippen molar-refractivity contribution >= 4 is 34.1 Å². The minimum Gasteiger partial charge on any atom is -0.339 e. The fraction of sp³-hybridized carbons (Fsp3) is 0.211. The van der Waals surface area contributed by atoms with Gasteiger partial charge in [0.1, 0.15) is 5.82 Å². The molecule has 0 radical (unpaired) electrons. The van der Waals surface area contributed by atoms with Crippen LogP contribution in [0.1, 0.15) is 24.0 Å². The molecule has 2 N–H and O–H groups in total. The minimum atomic E-state index is -0.0957. The molecular formula is C19H18N6O2S. The number of fused-ring (bicyclic) bond motifs is 1. The molecule has 4 aromatic rings. The zero-order chi connectivity index (χ0) is 19.3. The maximum atomic E-state index is 12.3. The fourth-order valence-electron chi connectivity index (χ4n) is 2.73. The maximum Gasteiger partial charge on any atom is 0.227 e. The number of anilines is 1. The summed E-state index contributed by atoms with van der Waals surface area (Å²) in [6.45, 7) is 1.84. The van der Waals surface area contributed by atoms with Crippen molar-refractivity contribution in [3.8, 4) is 0 Å². The summed E-state index contributed by atoms with van der Waals surface area (Å²) in [6.07, 6.45) is 0.645. The van der Waals surface area contributed by atoms with E-state index in [1.54, 1.807) is 0 Å². The molecule has 0 bridgehead atoms. The third-order valence-corrected chi connectivity index (χ3v) is 4.89. The number of nitrogens with zero attached hydrogens (tertiary/aromatic N) is 4. The Kier molecular flexibility index (Phi) is 5.34. The molecule has 0 unspecified atom stereocenters. The SMILES string of the molecule is Cc1nc(SCc2noc(CCC(=O)Nc3cccc4ccccc34)n2)n[nH]1. The minimum absolute atomic E-state index is 0.0957. The number of aromatic amines is 1. The second-order valence-corrected chi connectivity index (χ2v) is 7.11.